The summed E-state index contributed by atoms with van der Waals surface area (Å²) >= 11 is 1.34. The standard InChI is InChI=1S/C15H10F3NOS/c16-15(17,18)9-1-6-13-12(7-9)14(8-19-13)21-11-4-2-10(20)3-5-11/h1-8,19-20H. The van der Waals surface area contributed by atoms with Crippen LogP contribution in [0.2, 0.25) is 0 Å². The normalized spacial score (nSPS) is 12.0. The van der Waals surface area contributed by atoms with Crippen LogP contribution in [0.15, 0.2) is 58.5 Å². The number of aromatic hydroxyl groups is 1. The smallest absolute Gasteiger partial charge is 0.416 e. The lowest BCUT2D eigenvalue weighted by molar-refractivity contribution is -0.137. The highest BCUT2D eigenvalue weighted by Crippen LogP contribution is 2.37. The second-order valence-electron chi connectivity index (χ2n) is 4.51. The molecule has 0 atom stereocenters. The minimum absolute atomic E-state index is 0.151. The molecule has 0 bridgehead atoms. The van der Waals surface area contributed by atoms with E-state index >= 15 is 0 Å². The highest BCUT2D eigenvalue weighted by atomic mass is 32.2. The monoisotopic (exact) mass is 309 g/mol. The molecule has 6 heteroatoms. The van der Waals surface area contributed by atoms with E-state index in [2.05, 4.69) is 4.98 Å². The molecule has 0 aliphatic rings. The topological polar surface area (TPSA) is 36.0 Å². The highest BCUT2D eigenvalue weighted by Gasteiger charge is 2.30. The lowest BCUT2D eigenvalue weighted by Gasteiger charge is -2.07. The molecule has 0 unspecified atom stereocenters. The Morgan fingerprint density at radius 1 is 1.00 bits per heavy atom. The van der Waals surface area contributed by atoms with Gasteiger partial charge in [0.2, 0.25) is 0 Å². The molecule has 0 saturated carbocycles. The molecule has 3 aromatic rings. The van der Waals surface area contributed by atoms with Crippen LogP contribution in [0.3, 0.4) is 0 Å². The van der Waals surface area contributed by atoms with Gasteiger partial charge in [-0.3, -0.25) is 0 Å². The van der Waals surface area contributed by atoms with Gasteiger partial charge in [-0.2, -0.15) is 13.2 Å². The minimum atomic E-state index is -4.36. The van der Waals surface area contributed by atoms with Crippen molar-refractivity contribution in [1.29, 1.82) is 0 Å². The van der Waals surface area contributed by atoms with E-state index in [1.165, 1.54) is 17.8 Å². The fraction of sp³-hybridized carbons (Fsp3) is 0.0667. The summed E-state index contributed by atoms with van der Waals surface area (Å²) in [6.07, 6.45) is -2.67. The van der Waals surface area contributed by atoms with Gasteiger partial charge >= 0.3 is 6.18 Å². The summed E-state index contributed by atoms with van der Waals surface area (Å²) in [5.74, 6) is 0.151. The van der Waals surface area contributed by atoms with E-state index in [9.17, 15) is 18.3 Å². The van der Waals surface area contributed by atoms with E-state index in [1.807, 2.05) is 0 Å². The zero-order valence-electron chi connectivity index (χ0n) is 10.6. The first-order valence-corrected chi connectivity index (χ1v) is 6.90. The third-order valence-corrected chi connectivity index (χ3v) is 4.10. The number of aromatic nitrogens is 1. The number of hydrogen-bond acceptors (Lipinski definition) is 2. The van der Waals surface area contributed by atoms with Crippen molar-refractivity contribution >= 4 is 22.7 Å². The quantitative estimate of drug-likeness (QED) is 0.695. The maximum atomic E-state index is 12.8. The Balaban J connectivity index is 2.00. The van der Waals surface area contributed by atoms with Crippen molar-refractivity contribution in [2.75, 3.05) is 0 Å². The Bertz CT molecular complexity index is 778. The molecule has 2 N–H and O–H groups in total. The molecule has 0 aliphatic carbocycles. The number of phenols is 1. The molecule has 108 valence electrons. The van der Waals surface area contributed by atoms with Crippen LogP contribution < -0.4 is 0 Å². The molecule has 21 heavy (non-hydrogen) atoms. The van der Waals surface area contributed by atoms with Crippen LogP contribution in [-0.4, -0.2) is 10.1 Å². The Morgan fingerprint density at radius 2 is 1.71 bits per heavy atom. The van der Waals surface area contributed by atoms with Gasteiger partial charge in [0.25, 0.3) is 0 Å². The third-order valence-electron chi connectivity index (χ3n) is 3.04. The molecule has 2 aromatic carbocycles. The minimum Gasteiger partial charge on any atom is -0.508 e. The van der Waals surface area contributed by atoms with Crippen molar-refractivity contribution in [2.24, 2.45) is 0 Å². The Kier molecular flexibility index (Phi) is 3.33. The van der Waals surface area contributed by atoms with Gasteiger partial charge in [0.15, 0.2) is 0 Å². The summed E-state index contributed by atoms with van der Waals surface area (Å²) < 4.78 is 38.3. The van der Waals surface area contributed by atoms with E-state index in [1.54, 1.807) is 30.5 Å². The first-order chi connectivity index (χ1) is 9.93. The number of halogens is 3. The number of nitrogens with one attached hydrogen (secondary N) is 1. The number of fused-ring (bicyclic) bond motifs is 1. The summed E-state index contributed by atoms with van der Waals surface area (Å²) in [6, 6.07) is 10.1. The summed E-state index contributed by atoms with van der Waals surface area (Å²) in [5, 5.41) is 9.77. The van der Waals surface area contributed by atoms with Gasteiger partial charge in [-0.05, 0) is 42.5 Å². The van der Waals surface area contributed by atoms with Crippen LogP contribution in [0.5, 0.6) is 5.75 Å². The Morgan fingerprint density at radius 3 is 2.38 bits per heavy atom. The number of aromatic amines is 1. The predicted octanol–water partition coefficient (Wildman–Crippen LogP) is 5.04. The largest absolute Gasteiger partial charge is 0.508 e. The molecular weight excluding hydrogens is 299 g/mol. The van der Waals surface area contributed by atoms with Gasteiger partial charge in [0.1, 0.15) is 5.75 Å². The van der Waals surface area contributed by atoms with E-state index in [0.717, 1.165) is 17.0 Å². The lowest BCUT2D eigenvalue weighted by atomic mass is 10.1. The van der Waals surface area contributed by atoms with Crippen LogP contribution in [0.1, 0.15) is 5.56 Å². The van der Waals surface area contributed by atoms with Crippen molar-refractivity contribution in [3.8, 4) is 5.75 Å². The summed E-state index contributed by atoms with van der Waals surface area (Å²) in [4.78, 5) is 4.51. The highest BCUT2D eigenvalue weighted by molar-refractivity contribution is 7.99. The molecule has 0 aliphatic heterocycles. The van der Waals surface area contributed by atoms with Gasteiger partial charge in [0, 0.05) is 26.9 Å². The van der Waals surface area contributed by atoms with E-state index in [-0.39, 0.29) is 5.75 Å². The van der Waals surface area contributed by atoms with Crippen LogP contribution in [-0.2, 0) is 6.18 Å². The number of phenolic OH excluding ortho intramolecular Hbond substituents is 1. The van der Waals surface area contributed by atoms with Crippen molar-refractivity contribution in [1.82, 2.24) is 4.98 Å². The Hall–Kier alpha value is -2.08. The van der Waals surface area contributed by atoms with Crippen LogP contribution >= 0.6 is 11.8 Å². The fourth-order valence-electron chi connectivity index (χ4n) is 2.00. The zero-order chi connectivity index (χ0) is 15.0. The lowest BCUT2D eigenvalue weighted by Crippen LogP contribution is -2.03. The molecule has 2 nitrogen and oxygen atoms in total. The number of rotatable bonds is 2. The molecular formula is C15H10F3NOS. The molecule has 0 fully saturated rings. The maximum absolute atomic E-state index is 12.8. The first kappa shape index (κ1) is 13.9. The summed E-state index contributed by atoms with van der Waals surface area (Å²) in [6.45, 7) is 0. The van der Waals surface area contributed by atoms with Crippen LogP contribution in [0.25, 0.3) is 10.9 Å². The van der Waals surface area contributed by atoms with E-state index in [0.29, 0.717) is 15.8 Å². The first-order valence-electron chi connectivity index (χ1n) is 6.09. The van der Waals surface area contributed by atoms with Gasteiger partial charge in [-0.1, -0.05) is 11.8 Å². The molecule has 3 rings (SSSR count). The van der Waals surface area contributed by atoms with Gasteiger partial charge in [-0.15, -0.1) is 0 Å². The second kappa shape index (κ2) is 5.04. The zero-order valence-corrected chi connectivity index (χ0v) is 11.4. The second-order valence-corrected chi connectivity index (χ2v) is 5.62. The average Bonchev–Trinajstić information content (AvgIpc) is 2.83. The molecule has 0 radical (unpaired) electrons. The molecule has 1 aromatic heterocycles. The summed E-state index contributed by atoms with van der Waals surface area (Å²) in [5.41, 5.74) is -0.00793. The predicted molar refractivity (Wildman–Crippen MR) is 75.5 cm³/mol. The van der Waals surface area contributed by atoms with Gasteiger partial charge in [0.05, 0.1) is 5.56 Å². The third kappa shape index (κ3) is 2.85. The Labute approximate surface area is 122 Å². The van der Waals surface area contributed by atoms with Gasteiger partial charge < -0.3 is 10.1 Å². The van der Waals surface area contributed by atoms with Crippen molar-refractivity contribution in [3.63, 3.8) is 0 Å². The van der Waals surface area contributed by atoms with Crippen molar-refractivity contribution in [2.45, 2.75) is 16.0 Å². The molecule has 1 heterocycles. The van der Waals surface area contributed by atoms with E-state index in [4.69, 9.17) is 0 Å². The van der Waals surface area contributed by atoms with Gasteiger partial charge in [-0.25, -0.2) is 0 Å². The molecule has 0 spiro atoms. The van der Waals surface area contributed by atoms with Crippen LogP contribution in [0, 0.1) is 0 Å². The van der Waals surface area contributed by atoms with E-state index < -0.39 is 11.7 Å². The van der Waals surface area contributed by atoms with Crippen LogP contribution in [0.4, 0.5) is 13.2 Å². The summed E-state index contributed by atoms with van der Waals surface area (Å²) in [7, 11) is 0. The number of hydrogen-bond donors (Lipinski definition) is 2. The number of benzene rings is 2. The maximum Gasteiger partial charge on any atom is 0.416 e. The number of alkyl halides is 3. The van der Waals surface area contributed by atoms with Crippen molar-refractivity contribution < 1.29 is 18.3 Å². The fourth-order valence-corrected chi connectivity index (χ4v) is 2.92. The number of H-pyrrole nitrogens is 1. The average molecular weight is 309 g/mol. The van der Waals surface area contributed by atoms with Crippen molar-refractivity contribution in [3.05, 3.63) is 54.2 Å². The SMILES string of the molecule is Oc1ccc(Sc2c[nH]c3ccc(C(F)(F)F)cc23)cc1. The molecule has 0 amide bonds. The molecule has 0 saturated heterocycles.